The van der Waals surface area contributed by atoms with Crippen molar-refractivity contribution in [3.05, 3.63) is 35.9 Å². The lowest BCUT2D eigenvalue weighted by atomic mass is 10.2. The van der Waals surface area contributed by atoms with Crippen LogP contribution < -0.4 is 0 Å². The van der Waals surface area contributed by atoms with Gasteiger partial charge in [0.1, 0.15) is 0 Å². The van der Waals surface area contributed by atoms with Crippen molar-refractivity contribution < 1.29 is 14.9 Å². The highest BCUT2D eigenvalue weighted by Crippen LogP contribution is 2.16. The summed E-state index contributed by atoms with van der Waals surface area (Å²) in [5, 5.41) is 19.2. The average Bonchev–Trinajstić information content (AvgIpc) is 2.87. The van der Waals surface area contributed by atoms with Gasteiger partial charge in [-0.3, -0.25) is 4.90 Å². The number of benzene rings is 1. The summed E-state index contributed by atoms with van der Waals surface area (Å²) in [5.74, 6) is 0. The fourth-order valence-electron chi connectivity index (χ4n) is 2.55. The van der Waals surface area contributed by atoms with Crippen LogP contribution in [0.25, 0.3) is 0 Å². The summed E-state index contributed by atoms with van der Waals surface area (Å²) >= 11 is 0. The predicted octanol–water partition coefficient (Wildman–Crippen LogP) is 1.02. The molecule has 1 fully saturated rings. The van der Waals surface area contributed by atoms with Crippen LogP contribution in [-0.2, 0) is 11.3 Å². The summed E-state index contributed by atoms with van der Waals surface area (Å²) in [6.45, 7) is 2.59. The van der Waals surface area contributed by atoms with Crippen LogP contribution in [0.4, 0.5) is 0 Å². The Morgan fingerprint density at radius 3 is 2.84 bits per heavy atom. The van der Waals surface area contributed by atoms with Crippen LogP contribution in [0.1, 0.15) is 18.4 Å². The first kappa shape index (κ1) is 14.5. The molecule has 2 rings (SSSR count). The van der Waals surface area contributed by atoms with Gasteiger partial charge in [-0.15, -0.1) is 0 Å². The number of ether oxygens (including phenoxy) is 1. The van der Waals surface area contributed by atoms with E-state index in [1.165, 1.54) is 0 Å². The Bertz CT molecular complexity index is 358. The van der Waals surface area contributed by atoms with E-state index < -0.39 is 6.10 Å². The Morgan fingerprint density at radius 2 is 2.11 bits per heavy atom. The summed E-state index contributed by atoms with van der Waals surface area (Å²) < 4.78 is 5.52. The number of aliphatic hydroxyl groups excluding tert-OH is 2. The van der Waals surface area contributed by atoms with Gasteiger partial charge in [0.15, 0.2) is 0 Å². The van der Waals surface area contributed by atoms with Gasteiger partial charge in [0.05, 0.1) is 25.9 Å². The van der Waals surface area contributed by atoms with Crippen LogP contribution in [-0.4, -0.2) is 53.6 Å². The molecule has 0 spiro atoms. The zero-order valence-electron chi connectivity index (χ0n) is 11.2. The van der Waals surface area contributed by atoms with E-state index in [0.717, 1.165) is 24.9 Å². The van der Waals surface area contributed by atoms with E-state index >= 15 is 0 Å². The first-order valence-electron chi connectivity index (χ1n) is 6.94. The van der Waals surface area contributed by atoms with Crippen LogP contribution in [0.3, 0.4) is 0 Å². The summed E-state index contributed by atoms with van der Waals surface area (Å²) in [6.07, 6.45) is 1.63. The lowest BCUT2D eigenvalue weighted by molar-refractivity contribution is 0.00403. The molecule has 1 aromatic carbocycles. The minimum Gasteiger partial charge on any atom is -0.395 e. The molecule has 2 N–H and O–H groups in total. The van der Waals surface area contributed by atoms with E-state index in [4.69, 9.17) is 4.74 Å². The standard InChI is InChI=1S/C15H23NO3/c17-10-14-7-4-8-16(14)9-15(18)12-19-11-13-5-2-1-3-6-13/h1-3,5-6,14-15,17-18H,4,7-12H2. The third-order valence-electron chi connectivity index (χ3n) is 3.58. The fraction of sp³-hybridized carbons (Fsp3) is 0.600. The third-order valence-corrected chi connectivity index (χ3v) is 3.58. The van der Waals surface area contributed by atoms with Gasteiger partial charge in [-0.05, 0) is 24.9 Å². The summed E-state index contributed by atoms with van der Waals surface area (Å²) in [6, 6.07) is 10.2. The van der Waals surface area contributed by atoms with Gasteiger partial charge >= 0.3 is 0 Å². The molecule has 106 valence electrons. The highest BCUT2D eigenvalue weighted by atomic mass is 16.5. The van der Waals surface area contributed by atoms with Crippen molar-refractivity contribution in [1.29, 1.82) is 0 Å². The van der Waals surface area contributed by atoms with Crippen LogP contribution in [0.5, 0.6) is 0 Å². The number of nitrogens with zero attached hydrogens (tertiary/aromatic N) is 1. The van der Waals surface area contributed by atoms with Crippen molar-refractivity contribution in [1.82, 2.24) is 4.90 Å². The van der Waals surface area contributed by atoms with Crippen molar-refractivity contribution in [3.8, 4) is 0 Å². The van der Waals surface area contributed by atoms with E-state index in [2.05, 4.69) is 4.90 Å². The number of likely N-dealkylation sites (tertiary alicyclic amines) is 1. The molecule has 0 saturated carbocycles. The van der Waals surface area contributed by atoms with Crippen molar-refractivity contribution in [3.63, 3.8) is 0 Å². The lowest BCUT2D eigenvalue weighted by Gasteiger charge is -2.25. The van der Waals surface area contributed by atoms with Crippen LogP contribution in [0.15, 0.2) is 30.3 Å². The Kier molecular flexibility index (Phi) is 5.79. The average molecular weight is 265 g/mol. The largest absolute Gasteiger partial charge is 0.395 e. The van der Waals surface area contributed by atoms with Crippen molar-refractivity contribution in [2.24, 2.45) is 0 Å². The summed E-state index contributed by atoms with van der Waals surface area (Å²) in [5.41, 5.74) is 1.11. The molecule has 1 aromatic rings. The third kappa shape index (κ3) is 4.58. The van der Waals surface area contributed by atoms with Gasteiger partial charge in [-0.1, -0.05) is 30.3 Å². The maximum absolute atomic E-state index is 9.95. The Balaban J connectivity index is 1.66. The van der Waals surface area contributed by atoms with Gasteiger partial charge in [0.2, 0.25) is 0 Å². The van der Waals surface area contributed by atoms with E-state index in [-0.39, 0.29) is 12.6 Å². The second-order valence-corrected chi connectivity index (χ2v) is 5.13. The normalized spacial score (nSPS) is 21.7. The number of β-amino-alcohol motifs (C(OH)–C–C–N with tert-alkyl or cyclic N) is 1. The molecule has 4 heteroatoms. The van der Waals surface area contributed by atoms with Gasteiger partial charge in [-0.25, -0.2) is 0 Å². The molecule has 0 aliphatic carbocycles. The molecule has 0 amide bonds. The fourth-order valence-corrected chi connectivity index (χ4v) is 2.55. The van der Waals surface area contributed by atoms with E-state index in [0.29, 0.717) is 19.8 Å². The van der Waals surface area contributed by atoms with Gasteiger partial charge in [0.25, 0.3) is 0 Å². The maximum atomic E-state index is 9.95. The molecule has 1 heterocycles. The number of hydrogen-bond donors (Lipinski definition) is 2. The molecule has 1 aliphatic rings. The van der Waals surface area contributed by atoms with Crippen LogP contribution in [0.2, 0.25) is 0 Å². The van der Waals surface area contributed by atoms with Gasteiger partial charge < -0.3 is 14.9 Å². The Labute approximate surface area is 114 Å². The molecule has 1 aliphatic heterocycles. The van der Waals surface area contributed by atoms with E-state index in [1.54, 1.807) is 0 Å². The lowest BCUT2D eigenvalue weighted by Crippen LogP contribution is -2.39. The summed E-state index contributed by atoms with van der Waals surface area (Å²) in [4.78, 5) is 2.15. The molecule has 0 radical (unpaired) electrons. The van der Waals surface area contributed by atoms with Crippen molar-refractivity contribution in [2.75, 3.05) is 26.3 Å². The van der Waals surface area contributed by atoms with E-state index in [1.807, 2.05) is 30.3 Å². The minimum atomic E-state index is -0.490. The second-order valence-electron chi connectivity index (χ2n) is 5.13. The number of rotatable bonds is 7. The molecule has 0 aromatic heterocycles. The number of aliphatic hydroxyl groups is 2. The van der Waals surface area contributed by atoms with Gasteiger partial charge in [-0.2, -0.15) is 0 Å². The minimum absolute atomic E-state index is 0.178. The first-order chi connectivity index (χ1) is 9.29. The smallest absolute Gasteiger partial charge is 0.0900 e. The molecule has 1 saturated heterocycles. The number of hydrogen-bond acceptors (Lipinski definition) is 4. The molecule has 0 bridgehead atoms. The van der Waals surface area contributed by atoms with Crippen LogP contribution in [0, 0.1) is 0 Å². The zero-order chi connectivity index (χ0) is 13.5. The molecule has 19 heavy (non-hydrogen) atoms. The molecule has 2 atom stereocenters. The first-order valence-corrected chi connectivity index (χ1v) is 6.94. The van der Waals surface area contributed by atoms with Crippen LogP contribution >= 0.6 is 0 Å². The SMILES string of the molecule is OCC1CCCN1CC(O)COCc1ccccc1. The Morgan fingerprint density at radius 1 is 1.32 bits per heavy atom. The quantitative estimate of drug-likeness (QED) is 0.773. The highest BCUT2D eigenvalue weighted by Gasteiger charge is 2.25. The zero-order valence-corrected chi connectivity index (χ0v) is 11.2. The van der Waals surface area contributed by atoms with Crippen molar-refractivity contribution >= 4 is 0 Å². The maximum Gasteiger partial charge on any atom is 0.0900 e. The van der Waals surface area contributed by atoms with Crippen molar-refractivity contribution in [2.45, 2.75) is 31.6 Å². The molecule has 2 unspecified atom stereocenters. The Hall–Kier alpha value is -0.940. The monoisotopic (exact) mass is 265 g/mol. The molecular weight excluding hydrogens is 242 g/mol. The summed E-state index contributed by atoms with van der Waals surface area (Å²) in [7, 11) is 0. The topological polar surface area (TPSA) is 52.9 Å². The highest BCUT2D eigenvalue weighted by molar-refractivity contribution is 5.13. The van der Waals surface area contributed by atoms with E-state index in [9.17, 15) is 10.2 Å². The predicted molar refractivity (Wildman–Crippen MR) is 73.8 cm³/mol. The molecule has 4 nitrogen and oxygen atoms in total. The molecular formula is C15H23NO3. The van der Waals surface area contributed by atoms with Gasteiger partial charge in [0, 0.05) is 12.6 Å². The second kappa shape index (κ2) is 7.60.